The number of rotatable bonds is 7. The van der Waals surface area contributed by atoms with Gasteiger partial charge in [0.25, 0.3) is 0 Å². The Morgan fingerprint density at radius 1 is 1.38 bits per heavy atom. The van der Waals surface area contributed by atoms with E-state index in [-0.39, 0.29) is 17.7 Å². The largest absolute Gasteiger partial charge is 0.342 e. The van der Waals surface area contributed by atoms with E-state index in [1.807, 2.05) is 31.2 Å². The molecule has 5 nitrogen and oxygen atoms in total. The van der Waals surface area contributed by atoms with Crippen molar-refractivity contribution in [3.05, 3.63) is 29.8 Å². The fourth-order valence-corrected chi connectivity index (χ4v) is 2.00. The van der Waals surface area contributed by atoms with Crippen LogP contribution in [-0.2, 0) is 16.1 Å². The van der Waals surface area contributed by atoms with Crippen molar-refractivity contribution in [1.29, 1.82) is 0 Å². The molecule has 0 aliphatic heterocycles. The lowest BCUT2D eigenvalue weighted by Gasteiger charge is -2.16. The highest BCUT2D eigenvalue weighted by atomic mass is 16.2. The summed E-state index contributed by atoms with van der Waals surface area (Å²) in [6.45, 7) is 4.61. The highest BCUT2D eigenvalue weighted by Crippen LogP contribution is 2.14. The zero-order valence-electron chi connectivity index (χ0n) is 13.1. The van der Waals surface area contributed by atoms with Crippen LogP contribution in [0.1, 0.15) is 32.3 Å². The minimum atomic E-state index is -0.0237. The maximum absolute atomic E-state index is 12.0. The number of hydrogen-bond donors (Lipinski definition) is 2. The van der Waals surface area contributed by atoms with Crippen LogP contribution in [0, 0.1) is 5.92 Å². The van der Waals surface area contributed by atoms with Crippen LogP contribution in [0.15, 0.2) is 24.3 Å². The number of hydrogen-bond acceptors (Lipinski definition) is 3. The van der Waals surface area contributed by atoms with Crippen LogP contribution < -0.4 is 11.1 Å². The van der Waals surface area contributed by atoms with Gasteiger partial charge in [0.1, 0.15) is 0 Å². The number of carbonyl (C=O) groups is 2. The second kappa shape index (κ2) is 8.42. The molecule has 0 saturated carbocycles. The third kappa shape index (κ3) is 5.95. The molecule has 0 fully saturated rings. The van der Waals surface area contributed by atoms with Gasteiger partial charge in [0.15, 0.2) is 0 Å². The molecular weight excluding hydrogens is 266 g/mol. The maximum atomic E-state index is 12.0. The fraction of sp³-hybridized carbons (Fsp3) is 0.500. The first-order valence-electron chi connectivity index (χ1n) is 7.26. The monoisotopic (exact) mass is 291 g/mol. The van der Waals surface area contributed by atoms with E-state index >= 15 is 0 Å². The van der Waals surface area contributed by atoms with Gasteiger partial charge >= 0.3 is 0 Å². The Bertz CT molecular complexity index is 484. The molecule has 1 aromatic carbocycles. The number of carbonyl (C=O) groups excluding carboxylic acids is 2. The van der Waals surface area contributed by atoms with Gasteiger partial charge < -0.3 is 16.0 Å². The Morgan fingerprint density at radius 3 is 2.67 bits per heavy atom. The normalized spacial score (nSPS) is 11.8. The van der Waals surface area contributed by atoms with Crippen LogP contribution in [0.4, 0.5) is 5.69 Å². The number of nitrogens with two attached hydrogens (primary N) is 1. The third-order valence-electron chi connectivity index (χ3n) is 3.55. The Balaban J connectivity index is 2.64. The van der Waals surface area contributed by atoms with Crippen LogP contribution in [0.3, 0.4) is 0 Å². The number of nitrogens with one attached hydrogen (secondary N) is 1. The van der Waals surface area contributed by atoms with Crippen molar-refractivity contribution in [1.82, 2.24) is 4.90 Å². The summed E-state index contributed by atoms with van der Waals surface area (Å²) < 4.78 is 0. The van der Waals surface area contributed by atoms with Gasteiger partial charge in [-0.1, -0.05) is 25.5 Å². The first-order chi connectivity index (χ1) is 9.96. The molecular formula is C16H25N3O2. The van der Waals surface area contributed by atoms with E-state index < -0.39 is 0 Å². The highest BCUT2D eigenvalue weighted by Gasteiger charge is 2.11. The minimum Gasteiger partial charge on any atom is -0.342 e. The van der Waals surface area contributed by atoms with Crippen molar-refractivity contribution in [3.8, 4) is 0 Å². The highest BCUT2D eigenvalue weighted by molar-refractivity contribution is 5.90. The lowest BCUT2D eigenvalue weighted by Crippen LogP contribution is -2.23. The first kappa shape index (κ1) is 17.2. The SMILES string of the molecule is CCC(CN)CC(=O)Nc1cccc(CN(C)C(C)=O)c1. The van der Waals surface area contributed by atoms with Crippen LogP contribution in [0.25, 0.3) is 0 Å². The molecule has 1 rings (SSSR count). The molecule has 0 aliphatic rings. The van der Waals surface area contributed by atoms with Gasteiger partial charge in [-0.05, 0) is 30.2 Å². The third-order valence-corrected chi connectivity index (χ3v) is 3.55. The molecule has 3 N–H and O–H groups in total. The van der Waals surface area contributed by atoms with E-state index in [9.17, 15) is 9.59 Å². The van der Waals surface area contributed by atoms with Crippen molar-refractivity contribution < 1.29 is 9.59 Å². The van der Waals surface area contributed by atoms with Crippen molar-refractivity contribution in [2.75, 3.05) is 18.9 Å². The number of nitrogens with zero attached hydrogens (tertiary/aromatic N) is 1. The summed E-state index contributed by atoms with van der Waals surface area (Å²) in [7, 11) is 1.75. The smallest absolute Gasteiger partial charge is 0.224 e. The Labute approximate surface area is 126 Å². The predicted octanol–water partition coefficient (Wildman–Crippen LogP) is 1.98. The Hall–Kier alpha value is -1.88. The standard InChI is InChI=1S/C16H25N3O2/c1-4-13(10-17)9-16(21)18-15-7-5-6-14(8-15)11-19(3)12(2)20/h5-8,13H,4,9-11,17H2,1-3H3,(H,18,21). The van der Waals surface area contributed by atoms with Crippen LogP contribution in [0.5, 0.6) is 0 Å². The van der Waals surface area contributed by atoms with Gasteiger partial charge in [0.05, 0.1) is 0 Å². The Kier molecular flexibility index (Phi) is 6.88. The van der Waals surface area contributed by atoms with Gasteiger partial charge in [-0.3, -0.25) is 9.59 Å². The second-order valence-corrected chi connectivity index (χ2v) is 5.34. The van der Waals surface area contributed by atoms with E-state index in [0.717, 1.165) is 17.7 Å². The molecule has 0 heterocycles. The second-order valence-electron chi connectivity index (χ2n) is 5.34. The summed E-state index contributed by atoms with van der Waals surface area (Å²) in [4.78, 5) is 24.8. The lowest BCUT2D eigenvalue weighted by atomic mass is 10.0. The van der Waals surface area contributed by atoms with Gasteiger partial charge in [0.2, 0.25) is 11.8 Å². The zero-order chi connectivity index (χ0) is 15.8. The molecule has 0 spiro atoms. The summed E-state index contributed by atoms with van der Waals surface area (Å²) >= 11 is 0. The molecule has 21 heavy (non-hydrogen) atoms. The minimum absolute atomic E-state index is 0.0122. The van der Waals surface area contributed by atoms with E-state index in [0.29, 0.717) is 19.5 Å². The predicted molar refractivity (Wildman–Crippen MR) is 84.7 cm³/mol. The van der Waals surface area contributed by atoms with Gasteiger partial charge in [-0.2, -0.15) is 0 Å². The molecule has 0 saturated heterocycles. The van der Waals surface area contributed by atoms with Crippen LogP contribution >= 0.6 is 0 Å². The molecule has 1 unspecified atom stereocenters. The van der Waals surface area contributed by atoms with E-state index in [2.05, 4.69) is 5.32 Å². The molecule has 0 aliphatic carbocycles. The molecule has 2 amide bonds. The van der Waals surface area contributed by atoms with Crippen molar-refractivity contribution in [2.24, 2.45) is 11.7 Å². The summed E-state index contributed by atoms with van der Waals surface area (Å²) in [5, 5.41) is 2.89. The average molecular weight is 291 g/mol. The van der Waals surface area contributed by atoms with Gasteiger partial charge in [-0.25, -0.2) is 0 Å². The number of amides is 2. The van der Waals surface area contributed by atoms with E-state index in [1.54, 1.807) is 11.9 Å². The zero-order valence-corrected chi connectivity index (χ0v) is 13.1. The summed E-state index contributed by atoms with van der Waals surface area (Å²) in [6.07, 6.45) is 1.33. The lowest BCUT2D eigenvalue weighted by molar-refractivity contribution is -0.128. The van der Waals surface area contributed by atoms with E-state index in [4.69, 9.17) is 5.73 Å². The fourth-order valence-electron chi connectivity index (χ4n) is 2.00. The molecule has 0 bridgehead atoms. The maximum Gasteiger partial charge on any atom is 0.224 e. The first-order valence-corrected chi connectivity index (χ1v) is 7.26. The Morgan fingerprint density at radius 2 is 2.10 bits per heavy atom. The number of benzene rings is 1. The number of anilines is 1. The van der Waals surface area contributed by atoms with Crippen molar-refractivity contribution in [3.63, 3.8) is 0 Å². The average Bonchev–Trinajstić information content (AvgIpc) is 2.44. The molecule has 1 atom stereocenters. The quantitative estimate of drug-likeness (QED) is 0.806. The molecule has 116 valence electrons. The van der Waals surface area contributed by atoms with E-state index in [1.165, 1.54) is 6.92 Å². The van der Waals surface area contributed by atoms with Crippen LogP contribution in [0.2, 0.25) is 0 Å². The van der Waals surface area contributed by atoms with Gasteiger partial charge in [0, 0.05) is 32.6 Å². The molecule has 0 radical (unpaired) electrons. The summed E-state index contributed by atoms with van der Waals surface area (Å²) in [5.74, 6) is 0.208. The van der Waals surface area contributed by atoms with Crippen molar-refractivity contribution in [2.45, 2.75) is 33.2 Å². The molecule has 1 aromatic rings. The summed E-state index contributed by atoms with van der Waals surface area (Å²) in [6, 6.07) is 7.54. The van der Waals surface area contributed by atoms with Crippen LogP contribution in [-0.4, -0.2) is 30.3 Å². The van der Waals surface area contributed by atoms with Crippen molar-refractivity contribution >= 4 is 17.5 Å². The molecule has 0 aromatic heterocycles. The van der Waals surface area contributed by atoms with Gasteiger partial charge in [-0.15, -0.1) is 0 Å². The summed E-state index contributed by atoms with van der Waals surface area (Å²) in [5.41, 5.74) is 7.35. The topological polar surface area (TPSA) is 75.4 Å². The molecule has 5 heteroatoms.